The number of hydrogen-bond donors (Lipinski definition) is 1. The van der Waals surface area contributed by atoms with Gasteiger partial charge in [0.2, 0.25) is 0 Å². The molecule has 104 valence electrons. The zero-order valence-electron chi connectivity index (χ0n) is 10.9. The minimum atomic E-state index is -0.865. The van der Waals surface area contributed by atoms with Gasteiger partial charge in [0.1, 0.15) is 0 Å². The lowest BCUT2D eigenvalue weighted by molar-refractivity contribution is 0.112. The molecule has 20 heavy (non-hydrogen) atoms. The summed E-state index contributed by atoms with van der Waals surface area (Å²) in [4.78, 5) is 27.6. The largest absolute Gasteiger partial charge is 0.465 e. The van der Waals surface area contributed by atoms with Crippen LogP contribution in [0.1, 0.15) is 29.2 Å². The molecule has 6 heteroatoms. The number of pyridine rings is 1. The molecule has 1 fully saturated rings. The number of rotatable bonds is 2. The number of aromatic nitrogens is 2. The maximum atomic E-state index is 11.1. The number of carbonyl (C=O) groups is 2. The van der Waals surface area contributed by atoms with E-state index in [1.54, 1.807) is 12.4 Å². The first kappa shape index (κ1) is 12.7. The standard InChI is InChI=1S/C14H15N3O3/c18-9-10-8-17(13-7-15-4-1-12(10)13)11-2-5-16(6-3-11)14(19)20/h1,4,7-9,11H,2-3,5-6H2,(H,19,20). The number of hydrogen-bond acceptors (Lipinski definition) is 3. The second-order valence-electron chi connectivity index (χ2n) is 5.00. The predicted molar refractivity (Wildman–Crippen MR) is 73.0 cm³/mol. The molecule has 0 saturated carbocycles. The van der Waals surface area contributed by atoms with Crippen molar-refractivity contribution < 1.29 is 14.7 Å². The Kier molecular flexibility index (Phi) is 3.14. The van der Waals surface area contributed by atoms with E-state index in [0.29, 0.717) is 18.7 Å². The van der Waals surface area contributed by atoms with E-state index in [1.807, 2.05) is 12.3 Å². The lowest BCUT2D eigenvalue weighted by atomic mass is 10.1. The summed E-state index contributed by atoms with van der Waals surface area (Å²) in [5.74, 6) is 0. The van der Waals surface area contributed by atoms with Crippen LogP contribution < -0.4 is 0 Å². The van der Waals surface area contributed by atoms with Crippen LogP contribution in [0.4, 0.5) is 4.79 Å². The number of fused-ring (bicyclic) bond motifs is 1. The number of carboxylic acid groups (broad SMARTS) is 1. The van der Waals surface area contributed by atoms with Crippen molar-refractivity contribution >= 4 is 23.3 Å². The third-order valence-corrected chi connectivity index (χ3v) is 3.92. The van der Waals surface area contributed by atoms with Crippen LogP contribution in [0.25, 0.3) is 10.9 Å². The minimum absolute atomic E-state index is 0.214. The van der Waals surface area contributed by atoms with Crippen LogP contribution in [0.2, 0.25) is 0 Å². The summed E-state index contributed by atoms with van der Waals surface area (Å²) in [5, 5.41) is 9.87. The normalized spacial score (nSPS) is 16.5. The molecule has 1 amide bonds. The first-order valence-electron chi connectivity index (χ1n) is 6.58. The first-order chi connectivity index (χ1) is 9.70. The fourth-order valence-corrected chi connectivity index (χ4v) is 2.86. The second-order valence-corrected chi connectivity index (χ2v) is 5.00. The highest BCUT2D eigenvalue weighted by Gasteiger charge is 2.24. The number of amides is 1. The van der Waals surface area contributed by atoms with Gasteiger partial charge in [0.15, 0.2) is 6.29 Å². The molecule has 6 nitrogen and oxygen atoms in total. The van der Waals surface area contributed by atoms with E-state index >= 15 is 0 Å². The van der Waals surface area contributed by atoms with Gasteiger partial charge in [-0.3, -0.25) is 9.78 Å². The summed E-state index contributed by atoms with van der Waals surface area (Å²) in [6, 6.07) is 2.05. The van der Waals surface area contributed by atoms with Crippen LogP contribution in [0, 0.1) is 0 Å². The zero-order chi connectivity index (χ0) is 14.1. The smallest absolute Gasteiger partial charge is 0.407 e. The van der Waals surface area contributed by atoms with Crippen molar-refractivity contribution in [2.75, 3.05) is 13.1 Å². The molecular formula is C14H15N3O3. The molecule has 1 aliphatic rings. The summed E-state index contributed by atoms with van der Waals surface area (Å²) in [6.45, 7) is 1.05. The highest BCUT2D eigenvalue weighted by molar-refractivity contribution is 5.97. The van der Waals surface area contributed by atoms with Crippen molar-refractivity contribution in [2.24, 2.45) is 0 Å². The van der Waals surface area contributed by atoms with Gasteiger partial charge in [-0.05, 0) is 18.9 Å². The van der Waals surface area contributed by atoms with Crippen LogP contribution in [0.3, 0.4) is 0 Å². The van der Waals surface area contributed by atoms with Gasteiger partial charge in [-0.2, -0.15) is 0 Å². The van der Waals surface area contributed by atoms with E-state index < -0.39 is 6.09 Å². The second kappa shape index (κ2) is 4.96. The molecule has 3 rings (SSSR count). The zero-order valence-corrected chi connectivity index (χ0v) is 10.9. The maximum absolute atomic E-state index is 11.1. The SMILES string of the molecule is O=Cc1cn(C2CCN(C(=O)O)CC2)c2cnccc12. The number of piperidine rings is 1. The summed E-state index contributed by atoms with van der Waals surface area (Å²) in [6.07, 6.45) is 6.77. The van der Waals surface area contributed by atoms with E-state index in [-0.39, 0.29) is 6.04 Å². The van der Waals surface area contributed by atoms with Crippen LogP contribution in [0.15, 0.2) is 24.7 Å². The molecule has 0 atom stereocenters. The Morgan fingerprint density at radius 2 is 2.15 bits per heavy atom. The minimum Gasteiger partial charge on any atom is -0.465 e. The molecule has 0 radical (unpaired) electrons. The molecule has 1 N–H and O–H groups in total. The Morgan fingerprint density at radius 3 is 2.80 bits per heavy atom. The number of likely N-dealkylation sites (tertiary alicyclic amines) is 1. The Balaban J connectivity index is 1.92. The van der Waals surface area contributed by atoms with Crippen molar-refractivity contribution in [3.63, 3.8) is 0 Å². The molecule has 1 aliphatic heterocycles. The molecule has 2 aromatic heterocycles. The van der Waals surface area contributed by atoms with Gasteiger partial charge in [-0.15, -0.1) is 0 Å². The highest BCUT2D eigenvalue weighted by atomic mass is 16.4. The molecular weight excluding hydrogens is 258 g/mol. The maximum Gasteiger partial charge on any atom is 0.407 e. The number of carbonyl (C=O) groups excluding carboxylic acids is 1. The average Bonchev–Trinajstić information content (AvgIpc) is 2.86. The summed E-state index contributed by atoms with van der Waals surface area (Å²) < 4.78 is 2.06. The third-order valence-electron chi connectivity index (χ3n) is 3.92. The van der Waals surface area contributed by atoms with Gasteiger partial charge in [0.05, 0.1) is 11.7 Å². The van der Waals surface area contributed by atoms with Gasteiger partial charge in [-0.1, -0.05) is 0 Å². The van der Waals surface area contributed by atoms with E-state index in [0.717, 1.165) is 30.0 Å². The molecule has 1 saturated heterocycles. The van der Waals surface area contributed by atoms with E-state index in [4.69, 9.17) is 5.11 Å². The van der Waals surface area contributed by atoms with Crippen molar-refractivity contribution in [3.05, 3.63) is 30.2 Å². The highest BCUT2D eigenvalue weighted by Crippen LogP contribution is 2.29. The van der Waals surface area contributed by atoms with Crippen molar-refractivity contribution in [1.29, 1.82) is 0 Å². The lowest BCUT2D eigenvalue weighted by Gasteiger charge is -2.31. The Labute approximate surface area is 115 Å². The molecule has 0 aliphatic carbocycles. The summed E-state index contributed by atoms with van der Waals surface area (Å²) >= 11 is 0. The van der Waals surface area contributed by atoms with E-state index in [2.05, 4.69) is 9.55 Å². The van der Waals surface area contributed by atoms with Crippen LogP contribution in [0.5, 0.6) is 0 Å². The van der Waals surface area contributed by atoms with Gasteiger partial charge < -0.3 is 14.6 Å². The van der Waals surface area contributed by atoms with Crippen molar-refractivity contribution in [2.45, 2.75) is 18.9 Å². The molecule has 0 bridgehead atoms. The molecule has 3 heterocycles. The third kappa shape index (κ3) is 2.03. The van der Waals surface area contributed by atoms with Gasteiger partial charge in [0.25, 0.3) is 0 Å². The number of nitrogens with zero attached hydrogens (tertiary/aromatic N) is 3. The fraction of sp³-hybridized carbons (Fsp3) is 0.357. The van der Waals surface area contributed by atoms with Crippen LogP contribution >= 0.6 is 0 Å². The predicted octanol–water partition coefficient (Wildman–Crippen LogP) is 2.16. The lowest BCUT2D eigenvalue weighted by Crippen LogP contribution is -2.38. The quantitative estimate of drug-likeness (QED) is 0.851. The fourth-order valence-electron chi connectivity index (χ4n) is 2.86. The van der Waals surface area contributed by atoms with Crippen molar-refractivity contribution in [1.82, 2.24) is 14.5 Å². The molecule has 0 spiro atoms. The van der Waals surface area contributed by atoms with Crippen LogP contribution in [-0.2, 0) is 0 Å². The van der Waals surface area contributed by atoms with Crippen LogP contribution in [-0.4, -0.2) is 45.0 Å². The van der Waals surface area contributed by atoms with Gasteiger partial charge in [0, 0.05) is 42.5 Å². The Bertz CT molecular complexity index is 657. The molecule has 0 unspecified atom stereocenters. The molecule has 0 aromatic carbocycles. The van der Waals surface area contributed by atoms with E-state index in [9.17, 15) is 9.59 Å². The summed E-state index contributed by atoms with van der Waals surface area (Å²) in [5.41, 5.74) is 1.59. The Hall–Kier alpha value is -2.37. The summed E-state index contributed by atoms with van der Waals surface area (Å²) in [7, 11) is 0. The van der Waals surface area contributed by atoms with Crippen molar-refractivity contribution in [3.8, 4) is 0 Å². The van der Waals surface area contributed by atoms with Gasteiger partial charge in [-0.25, -0.2) is 4.79 Å². The first-order valence-corrected chi connectivity index (χ1v) is 6.58. The van der Waals surface area contributed by atoms with Gasteiger partial charge >= 0.3 is 6.09 Å². The van der Waals surface area contributed by atoms with E-state index in [1.165, 1.54) is 4.90 Å². The topological polar surface area (TPSA) is 75.4 Å². The average molecular weight is 273 g/mol. The Morgan fingerprint density at radius 1 is 1.40 bits per heavy atom. The monoisotopic (exact) mass is 273 g/mol. The molecule has 2 aromatic rings. The number of aldehydes is 1.